The smallest absolute Gasteiger partial charge is 0.0367 e. The van der Waals surface area contributed by atoms with Crippen LogP contribution in [0.3, 0.4) is 0 Å². The summed E-state index contributed by atoms with van der Waals surface area (Å²) >= 11 is 0. The number of nitrogens with one attached hydrogen (secondary N) is 1. The van der Waals surface area contributed by atoms with Gasteiger partial charge in [-0.1, -0.05) is 6.92 Å². The maximum atomic E-state index is 3.22. The van der Waals surface area contributed by atoms with Crippen molar-refractivity contribution in [1.29, 1.82) is 0 Å². The zero-order valence-corrected chi connectivity index (χ0v) is 6.39. The molecule has 0 aliphatic carbocycles. The first kappa shape index (κ1) is 6.99. The summed E-state index contributed by atoms with van der Waals surface area (Å²) < 4.78 is 0. The Balaban J connectivity index is 2.35. The van der Waals surface area contributed by atoms with Gasteiger partial charge >= 0.3 is 0 Å². The number of nitrogens with zero attached hydrogens (tertiary/aromatic N) is 2. The zero-order valence-electron chi connectivity index (χ0n) is 6.39. The van der Waals surface area contributed by atoms with Crippen molar-refractivity contribution in [2.75, 3.05) is 20.1 Å². The van der Waals surface area contributed by atoms with Crippen LogP contribution in [0.5, 0.6) is 0 Å². The van der Waals surface area contributed by atoms with E-state index in [1.807, 2.05) is 0 Å². The lowest BCUT2D eigenvalue weighted by Gasteiger charge is -2.14. The van der Waals surface area contributed by atoms with Gasteiger partial charge in [-0.05, 0) is 6.92 Å². The van der Waals surface area contributed by atoms with Crippen molar-refractivity contribution in [2.24, 2.45) is 0 Å². The molecule has 1 unspecified atom stereocenters. The van der Waals surface area contributed by atoms with Crippen molar-refractivity contribution in [3.63, 3.8) is 0 Å². The van der Waals surface area contributed by atoms with Crippen LogP contribution in [0.25, 0.3) is 0 Å². The molecular formula is C6H15N3. The van der Waals surface area contributed by atoms with E-state index in [4.69, 9.17) is 0 Å². The first-order valence-corrected chi connectivity index (χ1v) is 3.48. The fourth-order valence-corrected chi connectivity index (χ4v) is 1.00. The Morgan fingerprint density at radius 2 is 2.33 bits per heavy atom. The van der Waals surface area contributed by atoms with Gasteiger partial charge < -0.3 is 0 Å². The summed E-state index contributed by atoms with van der Waals surface area (Å²) in [5, 5.41) is 4.33. The van der Waals surface area contributed by atoms with Gasteiger partial charge in [0.05, 0.1) is 0 Å². The highest BCUT2D eigenvalue weighted by molar-refractivity contribution is 4.69. The average molecular weight is 129 g/mol. The SMILES string of the molecule is CCN1CC(C)N(C)N1. The number of hydrogen-bond donors (Lipinski definition) is 1. The maximum Gasteiger partial charge on any atom is 0.0367 e. The summed E-state index contributed by atoms with van der Waals surface area (Å²) in [6.07, 6.45) is 0. The van der Waals surface area contributed by atoms with Crippen molar-refractivity contribution < 1.29 is 0 Å². The standard InChI is InChI=1S/C6H15N3/c1-4-9-5-6(2)8(3)7-9/h6-7H,4-5H2,1-3H3. The molecule has 0 amide bonds. The third-order valence-electron chi connectivity index (χ3n) is 1.83. The molecule has 9 heavy (non-hydrogen) atoms. The molecule has 0 spiro atoms. The van der Waals surface area contributed by atoms with E-state index in [0.717, 1.165) is 13.1 Å². The van der Waals surface area contributed by atoms with E-state index in [1.165, 1.54) is 0 Å². The average Bonchev–Trinajstić information content (AvgIpc) is 2.13. The topological polar surface area (TPSA) is 18.5 Å². The van der Waals surface area contributed by atoms with Gasteiger partial charge in [0.1, 0.15) is 0 Å². The van der Waals surface area contributed by atoms with E-state index in [0.29, 0.717) is 6.04 Å². The van der Waals surface area contributed by atoms with E-state index in [9.17, 15) is 0 Å². The number of likely N-dealkylation sites (N-methyl/N-ethyl adjacent to an activating group) is 2. The molecule has 1 saturated heterocycles. The lowest BCUT2D eigenvalue weighted by molar-refractivity contribution is 0.139. The number of hydrogen-bond acceptors (Lipinski definition) is 3. The van der Waals surface area contributed by atoms with E-state index in [2.05, 4.69) is 36.4 Å². The molecule has 0 aromatic heterocycles. The van der Waals surface area contributed by atoms with Gasteiger partial charge in [-0.2, -0.15) is 5.53 Å². The Hall–Kier alpha value is -0.120. The molecule has 54 valence electrons. The minimum atomic E-state index is 0.643. The van der Waals surface area contributed by atoms with E-state index >= 15 is 0 Å². The Bertz CT molecular complexity index is 84.3. The number of hydrazine groups is 2. The van der Waals surface area contributed by atoms with Gasteiger partial charge in [0.15, 0.2) is 0 Å². The van der Waals surface area contributed by atoms with Crippen LogP contribution >= 0.6 is 0 Å². The Morgan fingerprint density at radius 3 is 2.56 bits per heavy atom. The van der Waals surface area contributed by atoms with Gasteiger partial charge in [-0.3, -0.25) is 0 Å². The molecule has 0 aromatic carbocycles. The third-order valence-corrected chi connectivity index (χ3v) is 1.83. The fraction of sp³-hybridized carbons (Fsp3) is 1.00. The lowest BCUT2D eigenvalue weighted by Crippen LogP contribution is -2.37. The molecular weight excluding hydrogens is 114 g/mol. The summed E-state index contributed by atoms with van der Waals surface area (Å²) in [7, 11) is 2.07. The van der Waals surface area contributed by atoms with Crippen molar-refractivity contribution >= 4 is 0 Å². The molecule has 1 fully saturated rings. The number of rotatable bonds is 1. The first-order valence-electron chi connectivity index (χ1n) is 3.48. The third kappa shape index (κ3) is 1.41. The van der Waals surface area contributed by atoms with E-state index in [1.54, 1.807) is 0 Å². The van der Waals surface area contributed by atoms with Crippen LogP contribution in [0, 0.1) is 0 Å². The molecule has 1 atom stereocenters. The van der Waals surface area contributed by atoms with Gasteiger partial charge in [0, 0.05) is 26.2 Å². The molecule has 0 radical (unpaired) electrons. The second-order valence-corrected chi connectivity index (χ2v) is 2.60. The van der Waals surface area contributed by atoms with Gasteiger partial charge in [-0.15, -0.1) is 0 Å². The van der Waals surface area contributed by atoms with E-state index in [-0.39, 0.29) is 0 Å². The highest BCUT2D eigenvalue weighted by Crippen LogP contribution is 2.02. The largest absolute Gasteiger partial charge is 0.230 e. The molecule has 0 bridgehead atoms. The molecule has 0 aromatic rings. The Morgan fingerprint density at radius 1 is 1.67 bits per heavy atom. The van der Waals surface area contributed by atoms with Gasteiger partial charge in [0.2, 0.25) is 0 Å². The summed E-state index contributed by atoms with van der Waals surface area (Å²) in [5.74, 6) is 0. The summed E-state index contributed by atoms with van der Waals surface area (Å²) in [5.41, 5.74) is 3.22. The van der Waals surface area contributed by atoms with Crippen molar-refractivity contribution in [1.82, 2.24) is 15.6 Å². The normalized spacial score (nSPS) is 31.7. The molecule has 1 heterocycles. The molecule has 1 rings (SSSR count). The Kier molecular flexibility index (Phi) is 2.05. The lowest BCUT2D eigenvalue weighted by atomic mass is 10.3. The summed E-state index contributed by atoms with van der Waals surface area (Å²) in [6, 6.07) is 0.643. The highest BCUT2D eigenvalue weighted by atomic mass is 15.8. The van der Waals surface area contributed by atoms with Crippen LogP contribution < -0.4 is 5.53 Å². The summed E-state index contributed by atoms with van der Waals surface area (Å²) in [4.78, 5) is 0. The fourth-order valence-electron chi connectivity index (χ4n) is 1.00. The van der Waals surface area contributed by atoms with Crippen LogP contribution in [0.15, 0.2) is 0 Å². The monoisotopic (exact) mass is 129 g/mol. The van der Waals surface area contributed by atoms with E-state index < -0.39 is 0 Å². The Labute approximate surface area is 56.6 Å². The van der Waals surface area contributed by atoms with Crippen molar-refractivity contribution in [3.05, 3.63) is 0 Å². The molecule has 1 aliphatic heterocycles. The van der Waals surface area contributed by atoms with Gasteiger partial charge in [-0.25, -0.2) is 10.0 Å². The minimum absolute atomic E-state index is 0.643. The quantitative estimate of drug-likeness (QED) is 0.540. The first-order chi connectivity index (χ1) is 4.24. The second-order valence-electron chi connectivity index (χ2n) is 2.60. The predicted molar refractivity (Wildman–Crippen MR) is 37.6 cm³/mol. The maximum absolute atomic E-state index is 3.22. The summed E-state index contributed by atoms with van der Waals surface area (Å²) in [6.45, 7) is 6.57. The van der Waals surface area contributed by atoms with Gasteiger partial charge in [0.25, 0.3) is 0 Å². The molecule has 1 aliphatic rings. The van der Waals surface area contributed by atoms with Crippen molar-refractivity contribution in [3.8, 4) is 0 Å². The molecule has 3 heteroatoms. The minimum Gasteiger partial charge on any atom is -0.230 e. The molecule has 1 N–H and O–H groups in total. The highest BCUT2D eigenvalue weighted by Gasteiger charge is 2.21. The van der Waals surface area contributed by atoms with Crippen LogP contribution in [0.4, 0.5) is 0 Å². The molecule has 0 saturated carbocycles. The van der Waals surface area contributed by atoms with Crippen LogP contribution in [-0.4, -0.2) is 36.2 Å². The van der Waals surface area contributed by atoms with Crippen LogP contribution in [0.2, 0.25) is 0 Å². The second kappa shape index (κ2) is 2.64. The molecule has 3 nitrogen and oxygen atoms in total. The van der Waals surface area contributed by atoms with Crippen LogP contribution in [-0.2, 0) is 0 Å². The predicted octanol–water partition coefficient (Wildman–Crippen LogP) is 0.0618. The zero-order chi connectivity index (χ0) is 6.85. The van der Waals surface area contributed by atoms with Crippen molar-refractivity contribution in [2.45, 2.75) is 19.9 Å². The van der Waals surface area contributed by atoms with Crippen LogP contribution in [0.1, 0.15) is 13.8 Å².